The second kappa shape index (κ2) is 20.0. The minimum Gasteiger partial charge on any atom is -0.390 e. The van der Waals surface area contributed by atoms with Crippen molar-refractivity contribution in [2.75, 3.05) is 40.3 Å². The zero-order valence-electron chi connectivity index (χ0n) is 32.1. The van der Waals surface area contributed by atoms with Crippen molar-refractivity contribution in [1.82, 2.24) is 20.0 Å². The maximum atomic E-state index is 14.2. The van der Waals surface area contributed by atoms with E-state index in [4.69, 9.17) is 0 Å². The van der Waals surface area contributed by atoms with Crippen LogP contribution in [0.15, 0.2) is 42.5 Å². The lowest BCUT2D eigenvalue weighted by Gasteiger charge is -2.40. The first-order chi connectivity index (χ1) is 24.3. The SMILES string of the molecule is C=C(C)C[C@H]([NH2+]C(=O)[C@@H](CC(=O)N(C)CCN1C2CCC1CN(C)C2)Cc1ccccc1)C(=O)NC(CC1CCCCC1)C(O)[C@@H](O)CC(C)C. The van der Waals surface area contributed by atoms with Gasteiger partial charge >= 0.3 is 5.91 Å². The molecule has 3 amide bonds. The largest absolute Gasteiger partial charge is 0.390 e. The van der Waals surface area contributed by atoms with Crippen LogP contribution in [-0.2, 0) is 20.8 Å². The average molecular weight is 711 g/mol. The number of carbonyl (C=O) groups excluding carboxylic acids is 3. The summed E-state index contributed by atoms with van der Waals surface area (Å²) in [6.07, 6.45) is 7.61. The predicted molar refractivity (Wildman–Crippen MR) is 202 cm³/mol. The van der Waals surface area contributed by atoms with Crippen LogP contribution in [0.2, 0.25) is 0 Å². The lowest BCUT2D eigenvalue weighted by Crippen LogP contribution is -2.97. The van der Waals surface area contributed by atoms with Crippen molar-refractivity contribution in [1.29, 1.82) is 0 Å². The summed E-state index contributed by atoms with van der Waals surface area (Å²) in [6.45, 7) is 13.5. The summed E-state index contributed by atoms with van der Waals surface area (Å²) in [5.74, 6) is -0.739. The summed E-state index contributed by atoms with van der Waals surface area (Å²) >= 11 is 0. The number of piperazine rings is 1. The lowest BCUT2D eigenvalue weighted by molar-refractivity contribution is -0.595. The lowest BCUT2D eigenvalue weighted by atomic mass is 9.82. The van der Waals surface area contributed by atoms with Crippen molar-refractivity contribution in [3.05, 3.63) is 48.0 Å². The van der Waals surface area contributed by atoms with Gasteiger partial charge in [-0.05, 0) is 63.5 Å². The molecular formula is C41H68N5O5+. The Balaban J connectivity index is 1.45. The van der Waals surface area contributed by atoms with Gasteiger partial charge in [0.1, 0.15) is 6.10 Å². The minimum absolute atomic E-state index is 0.0577. The summed E-state index contributed by atoms with van der Waals surface area (Å²) in [5, 5.41) is 26.8. The molecule has 3 fully saturated rings. The molecule has 1 aromatic carbocycles. The highest BCUT2D eigenvalue weighted by Crippen LogP contribution is 2.30. The van der Waals surface area contributed by atoms with Gasteiger partial charge in [0.15, 0.2) is 6.04 Å². The molecule has 2 saturated heterocycles. The van der Waals surface area contributed by atoms with Crippen LogP contribution in [0.3, 0.4) is 0 Å². The fraction of sp³-hybridized carbons (Fsp3) is 0.732. The quantitative estimate of drug-likeness (QED) is 0.163. The molecule has 1 aliphatic carbocycles. The molecule has 0 aromatic heterocycles. The van der Waals surface area contributed by atoms with Crippen LogP contribution in [0.5, 0.6) is 0 Å². The Morgan fingerprint density at radius 1 is 1.00 bits per heavy atom. The first-order valence-electron chi connectivity index (χ1n) is 19.7. The van der Waals surface area contributed by atoms with Crippen molar-refractivity contribution in [3.63, 3.8) is 0 Å². The number of rotatable bonds is 19. The van der Waals surface area contributed by atoms with Gasteiger partial charge < -0.3 is 25.3 Å². The van der Waals surface area contributed by atoms with E-state index in [-0.39, 0.29) is 36.5 Å². The highest BCUT2D eigenvalue weighted by molar-refractivity contribution is 5.85. The summed E-state index contributed by atoms with van der Waals surface area (Å²) in [6, 6.07) is 9.37. The molecule has 7 atom stereocenters. The number of nitrogens with one attached hydrogen (secondary N) is 1. The number of nitrogens with zero attached hydrogens (tertiary/aromatic N) is 3. The number of likely N-dealkylation sites (tertiary alicyclic amines) is 1. The molecule has 286 valence electrons. The van der Waals surface area contributed by atoms with Crippen molar-refractivity contribution in [2.45, 2.75) is 134 Å². The first kappa shape index (κ1) is 41.1. The van der Waals surface area contributed by atoms with E-state index in [1.807, 2.05) is 58.2 Å². The van der Waals surface area contributed by atoms with E-state index in [0.717, 1.165) is 56.5 Å². The number of nitrogens with two attached hydrogens (primary N) is 1. The van der Waals surface area contributed by atoms with Gasteiger partial charge in [0.05, 0.1) is 18.1 Å². The van der Waals surface area contributed by atoms with Crippen LogP contribution < -0.4 is 10.6 Å². The van der Waals surface area contributed by atoms with Gasteiger partial charge in [0.25, 0.3) is 5.91 Å². The molecule has 4 rings (SSSR count). The minimum atomic E-state index is -1.11. The van der Waals surface area contributed by atoms with E-state index in [1.165, 1.54) is 24.6 Å². The van der Waals surface area contributed by atoms with Gasteiger partial charge in [0, 0.05) is 58.2 Å². The van der Waals surface area contributed by atoms with E-state index < -0.39 is 30.2 Å². The average Bonchev–Trinajstić information content (AvgIpc) is 3.33. The normalized spacial score (nSPS) is 23.0. The van der Waals surface area contributed by atoms with Crippen LogP contribution >= 0.6 is 0 Å². The number of primary amides is 1. The fourth-order valence-electron chi connectivity index (χ4n) is 8.68. The highest BCUT2D eigenvalue weighted by Gasteiger charge is 2.39. The summed E-state index contributed by atoms with van der Waals surface area (Å²) in [4.78, 5) is 48.6. The van der Waals surface area contributed by atoms with E-state index in [1.54, 1.807) is 4.90 Å². The molecular weight excluding hydrogens is 642 g/mol. The number of aliphatic hydroxyl groups excluding tert-OH is 2. The fourth-order valence-corrected chi connectivity index (χ4v) is 8.68. The number of likely N-dealkylation sites (N-methyl/N-ethyl adjacent to an activating group) is 2. The number of fused-ring (bicyclic) bond motifs is 2. The Labute approximate surface area is 307 Å². The molecule has 0 radical (unpaired) electrons. The standard InChI is InChI=1S/C41H67N5O5/c1-28(2)21-36(41(51)42-35(24-31-15-11-8-12-16-31)39(49)37(47)22-29(3)4)43-40(50)32(23-30-13-9-7-10-14-30)25-38(48)45(6)19-20-46-33-17-18-34(46)27-44(5)26-33/h7,9-10,13-14,29,31-37,39,47,49H,1,8,11-12,15-27H2,2-6H3,(H,42,51)(H,43,50)/p+1/t32-,33?,34?,35?,36+,37+,39?/m1/s1. The van der Waals surface area contributed by atoms with Crippen LogP contribution in [0, 0.1) is 17.8 Å². The van der Waals surface area contributed by atoms with E-state index >= 15 is 0 Å². The highest BCUT2D eigenvalue weighted by atomic mass is 16.3. The Morgan fingerprint density at radius 2 is 1.65 bits per heavy atom. The number of hydrogen-bond acceptors (Lipinski definition) is 7. The molecule has 3 aliphatic rings. The molecule has 4 unspecified atom stereocenters. The van der Waals surface area contributed by atoms with Gasteiger partial charge in [-0.2, -0.15) is 0 Å². The van der Waals surface area contributed by atoms with E-state index in [2.05, 4.69) is 28.7 Å². The third-order valence-corrected chi connectivity index (χ3v) is 11.5. The molecule has 0 spiro atoms. The van der Waals surface area contributed by atoms with Crippen LogP contribution in [0.4, 0.5) is 0 Å². The van der Waals surface area contributed by atoms with Gasteiger partial charge in [-0.1, -0.05) is 88.4 Å². The molecule has 2 bridgehead atoms. The Morgan fingerprint density at radius 3 is 2.25 bits per heavy atom. The Kier molecular flexibility index (Phi) is 16.1. The third-order valence-electron chi connectivity index (χ3n) is 11.5. The Hall–Kier alpha value is -2.63. The van der Waals surface area contributed by atoms with Crippen LogP contribution in [0.1, 0.15) is 97.0 Å². The number of amides is 3. The third kappa shape index (κ3) is 12.8. The van der Waals surface area contributed by atoms with Gasteiger partial charge in [-0.3, -0.25) is 19.8 Å². The monoisotopic (exact) mass is 711 g/mol. The van der Waals surface area contributed by atoms with Gasteiger partial charge in [0.2, 0.25) is 5.91 Å². The smallest absolute Gasteiger partial charge is 0.315 e. The molecule has 10 nitrogen and oxygen atoms in total. The molecule has 1 saturated carbocycles. The predicted octanol–water partition coefficient (Wildman–Crippen LogP) is 3.12. The molecule has 2 heterocycles. The zero-order valence-corrected chi connectivity index (χ0v) is 32.1. The molecule has 51 heavy (non-hydrogen) atoms. The summed E-state index contributed by atoms with van der Waals surface area (Å²) < 4.78 is 0. The molecule has 1 aromatic rings. The topological polar surface area (TPSA) is 130 Å². The maximum absolute atomic E-state index is 14.2. The summed E-state index contributed by atoms with van der Waals surface area (Å²) in [7, 11) is 4.01. The zero-order chi connectivity index (χ0) is 37.1. The second-order valence-electron chi connectivity index (χ2n) is 16.6. The number of quaternary nitrogens is 1. The Bertz CT molecular complexity index is 1260. The van der Waals surface area contributed by atoms with Gasteiger partial charge in [-0.25, -0.2) is 4.79 Å². The first-order valence-corrected chi connectivity index (χ1v) is 19.7. The number of aliphatic hydroxyl groups is 2. The molecule has 2 aliphatic heterocycles. The van der Waals surface area contributed by atoms with Crippen molar-refractivity contribution in [3.8, 4) is 0 Å². The van der Waals surface area contributed by atoms with Crippen LogP contribution in [-0.4, -0.2) is 119 Å². The summed E-state index contributed by atoms with van der Waals surface area (Å²) in [5.41, 5.74) is 1.72. The van der Waals surface area contributed by atoms with Crippen molar-refractivity contribution < 1.29 is 29.9 Å². The van der Waals surface area contributed by atoms with Crippen LogP contribution in [0.25, 0.3) is 0 Å². The molecule has 10 heteroatoms. The van der Waals surface area contributed by atoms with E-state index in [9.17, 15) is 24.6 Å². The maximum Gasteiger partial charge on any atom is 0.315 e. The van der Waals surface area contributed by atoms with Gasteiger partial charge in [-0.15, -0.1) is 0 Å². The number of benzene rings is 1. The number of carbonyl (C=O) groups is 3. The van der Waals surface area contributed by atoms with E-state index in [0.29, 0.717) is 43.8 Å². The molecule has 5 N–H and O–H groups in total. The van der Waals surface area contributed by atoms with Crippen molar-refractivity contribution >= 4 is 17.7 Å². The van der Waals surface area contributed by atoms with Crippen molar-refractivity contribution in [2.24, 2.45) is 17.8 Å². The second-order valence-corrected chi connectivity index (χ2v) is 16.6. The number of hydrogen-bond donors (Lipinski definition) is 4.